The van der Waals surface area contributed by atoms with Crippen LogP contribution in [-0.4, -0.2) is 4.99 Å². The largest absolute Gasteiger partial charge is 0.488 e. The van der Waals surface area contributed by atoms with Crippen molar-refractivity contribution in [1.82, 2.24) is 0 Å². The van der Waals surface area contributed by atoms with Crippen molar-refractivity contribution in [2.45, 2.75) is 13.5 Å². The van der Waals surface area contributed by atoms with Crippen molar-refractivity contribution in [3.8, 4) is 5.75 Å². The molecule has 2 nitrogen and oxygen atoms in total. The third-order valence-corrected chi connectivity index (χ3v) is 3.18. The fraction of sp³-hybridized carbons (Fsp3) is 0.133. The molecule has 0 aliphatic carbocycles. The van der Waals surface area contributed by atoms with Gasteiger partial charge in [-0.3, -0.25) is 0 Å². The molecule has 0 spiro atoms. The van der Waals surface area contributed by atoms with Gasteiger partial charge >= 0.3 is 0 Å². The van der Waals surface area contributed by atoms with Gasteiger partial charge < -0.3 is 10.5 Å². The van der Waals surface area contributed by atoms with Crippen LogP contribution in [0.15, 0.2) is 42.5 Å². The minimum atomic E-state index is 0.339. The summed E-state index contributed by atoms with van der Waals surface area (Å²) < 4.78 is 5.79. The van der Waals surface area contributed by atoms with E-state index in [4.69, 9.17) is 34.3 Å². The quantitative estimate of drug-likeness (QED) is 0.869. The first-order valence-corrected chi connectivity index (χ1v) is 6.62. The normalized spacial score (nSPS) is 10.2. The average Bonchev–Trinajstić information content (AvgIpc) is 2.38. The maximum atomic E-state index is 5.84. The summed E-state index contributed by atoms with van der Waals surface area (Å²) in [5.41, 5.74) is 8.59. The van der Waals surface area contributed by atoms with Gasteiger partial charge in [0.15, 0.2) is 0 Å². The zero-order chi connectivity index (χ0) is 13.8. The van der Waals surface area contributed by atoms with Crippen LogP contribution >= 0.6 is 23.8 Å². The average molecular weight is 292 g/mol. The van der Waals surface area contributed by atoms with E-state index >= 15 is 0 Å². The van der Waals surface area contributed by atoms with Crippen LogP contribution < -0.4 is 10.5 Å². The summed E-state index contributed by atoms with van der Waals surface area (Å²) in [5, 5.41) is 0.711. The Morgan fingerprint density at radius 3 is 2.53 bits per heavy atom. The number of halogens is 1. The van der Waals surface area contributed by atoms with Crippen LogP contribution in [0.2, 0.25) is 5.02 Å². The second-order valence-electron chi connectivity index (χ2n) is 4.28. The third kappa shape index (κ3) is 3.69. The number of aryl methyl sites for hydroxylation is 1. The van der Waals surface area contributed by atoms with E-state index in [9.17, 15) is 0 Å². The van der Waals surface area contributed by atoms with Gasteiger partial charge in [-0.05, 0) is 42.3 Å². The van der Waals surface area contributed by atoms with Crippen LogP contribution in [0.3, 0.4) is 0 Å². The lowest BCUT2D eigenvalue weighted by molar-refractivity contribution is 0.305. The summed E-state index contributed by atoms with van der Waals surface area (Å²) >= 11 is 10.9. The van der Waals surface area contributed by atoms with Crippen molar-refractivity contribution in [2.75, 3.05) is 0 Å². The summed E-state index contributed by atoms with van der Waals surface area (Å²) in [5.74, 6) is 0.711. The summed E-state index contributed by atoms with van der Waals surface area (Å²) in [7, 11) is 0. The maximum Gasteiger partial charge on any atom is 0.130 e. The van der Waals surface area contributed by atoms with Crippen LogP contribution in [-0.2, 0) is 6.61 Å². The standard InChI is InChI=1S/C15H14ClNOS/c1-10-2-7-13(15(17)19)14(8-10)18-9-11-3-5-12(16)6-4-11/h2-8H,9H2,1H3,(H2,17,19). The number of benzene rings is 2. The first-order chi connectivity index (χ1) is 9.06. The van der Waals surface area contributed by atoms with Gasteiger partial charge in [-0.1, -0.05) is 42.0 Å². The minimum absolute atomic E-state index is 0.339. The molecule has 0 fully saturated rings. The fourth-order valence-corrected chi connectivity index (χ4v) is 1.99. The van der Waals surface area contributed by atoms with Gasteiger partial charge in [0.1, 0.15) is 17.3 Å². The van der Waals surface area contributed by atoms with Gasteiger partial charge in [0, 0.05) is 5.02 Å². The zero-order valence-electron chi connectivity index (χ0n) is 10.5. The molecule has 0 atom stereocenters. The Kier molecular flexibility index (Phi) is 4.40. The molecule has 19 heavy (non-hydrogen) atoms. The second kappa shape index (κ2) is 6.04. The topological polar surface area (TPSA) is 35.2 Å². The van der Waals surface area contributed by atoms with E-state index in [1.165, 1.54) is 0 Å². The predicted molar refractivity (Wildman–Crippen MR) is 82.9 cm³/mol. The molecule has 0 aliphatic heterocycles. The highest BCUT2D eigenvalue weighted by Crippen LogP contribution is 2.22. The molecule has 4 heteroatoms. The molecule has 0 radical (unpaired) electrons. The smallest absolute Gasteiger partial charge is 0.130 e. The third-order valence-electron chi connectivity index (χ3n) is 2.71. The number of hydrogen-bond acceptors (Lipinski definition) is 2. The van der Waals surface area contributed by atoms with E-state index < -0.39 is 0 Å². The van der Waals surface area contributed by atoms with E-state index in [1.54, 1.807) is 0 Å². The van der Waals surface area contributed by atoms with Crippen LogP contribution in [0.25, 0.3) is 0 Å². The molecule has 0 aliphatic rings. The maximum absolute atomic E-state index is 5.84. The Morgan fingerprint density at radius 2 is 1.89 bits per heavy atom. The summed E-state index contributed by atoms with van der Waals surface area (Å²) in [6, 6.07) is 13.3. The minimum Gasteiger partial charge on any atom is -0.488 e. The van der Waals surface area contributed by atoms with Gasteiger partial charge in [0.05, 0.1) is 5.56 Å². The van der Waals surface area contributed by atoms with E-state index in [-0.39, 0.29) is 0 Å². The molecule has 0 heterocycles. The van der Waals surface area contributed by atoms with E-state index in [0.717, 1.165) is 16.7 Å². The van der Waals surface area contributed by atoms with Crippen molar-refractivity contribution < 1.29 is 4.74 Å². The van der Waals surface area contributed by atoms with Crippen molar-refractivity contribution in [1.29, 1.82) is 0 Å². The second-order valence-corrected chi connectivity index (χ2v) is 5.16. The first kappa shape index (κ1) is 13.8. The van der Waals surface area contributed by atoms with Crippen LogP contribution in [0.5, 0.6) is 5.75 Å². The number of thiocarbonyl (C=S) groups is 1. The molecule has 2 rings (SSSR count). The molecule has 0 aromatic heterocycles. The predicted octanol–water partition coefficient (Wildman–Crippen LogP) is 3.86. The van der Waals surface area contributed by atoms with E-state index in [0.29, 0.717) is 22.4 Å². The molecular formula is C15H14ClNOS. The highest BCUT2D eigenvalue weighted by atomic mass is 35.5. The highest BCUT2D eigenvalue weighted by Gasteiger charge is 2.07. The number of ether oxygens (including phenoxy) is 1. The number of nitrogens with two attached hydrogens (primary N) is 1. The molecule has 2 aromatic rings. The van der Waals surface area contributed by atoms with Gasteiger partial charge in [-0.2, -0.15) is 0 Å². The summed E-state index contributed by atoms with van der Waals surface area (Å²) in [6.07, 6.45) is 0. The summed E-state index contributed by atoms with van der Waals surface area (Å²) in [4.78, 5) is 0.339. The Bertz CT molecular complexity index is 596. The van der Waals surface area contributed by atoms with Crippen LogP contribution in [0.1, 0.15) is 16.7 Å². The molecule has 0 unspecified atom stereocenters. The Labute approximate surface area is 123 Å². The fourth-order valence-electron chi connectivity index (χ4n) is 1.69. The SMILES string of the molecule is Cc1ccc(C(N)=S)c(OCc2ccc(Cl)cc2)c1. The van der Waals surface area contributed by atoms with Crippen molar-refractivity contribution >= 4 is 28.8 Å². The Morgan fingerprint density at radius 1 is 1.21 bits per heavy atom. The van der Waals surface area contributed by atoms with Crippen molar-refractivity contribution in [3.63, 3.8) is 0 Å². The molecule has 0 amide bonds. The van der Waals surface area contributed by atoms with Gasteiger partial charge in [-0.15, -0.1) is 0 Å². The van der Waals surface area contributed by atoms with E-state index in [1.807, 2.05) is 49.4 Å². The molecular weight excluding hydrogens is 278 g/mol. The lowest BCUT2D eigenvalue weighted by Gasteiger charge is -2.11. The lowest BCUT2D eigenvalue weighted by atomic mass is 10.1. The van der Waals surface area contributed by atoms with E-state index in [2.05, 4.69) is 0 Å². The molecule has 2 N–H and O–H groups in total. The van der Waals surface area contributed by atoms with Crippen LogP contribution in [0.4, 0.5) is 0 Å². The lowest BCUT2D eigenvalue weighted by Crippen LogP contribution is -2.11. The molecule has 0 bridgehead atoms. The van der Waals surface area contributed by atoms with Crippen LogP contribution in [0, 0.1) is 6.92 Å². The van der Waals surface area contributed by atoms with Gasteiger partial charge in [0.25, 0.3) is 0 Å². The van der Waals surface area contributed by atoms with Crippen molar-refractivity contribution in [2.24, 2.45) is 5.73 Å². The molecule has 0 saturated heterocycles. The Balaban J connectivity index is 2.16. The Hall–Kier alpha value is -1.58. The summed E-state index contributed by atoms with van der Waals surface area (Å²) in [6.45, 7) is 2.45. The molecule has 98 valence electrons. The highest BCUT2D eigenvalue weighted by molar-refractivity contribution is 7.80. The number of hydrogen-bond donors (Lipinski definition) is 1. The molecule has 0 saturated carbocycles. The van der Waals surface area contributed by atoms with Crippen molar-refractivity contribution in [3.05, 3.63) is 64.2 Å². The zero-order valence-corrected chi connectivity index (χ0v) is 12.1. The van der Waals surface area contributed by atoms with Gasteiger partial charge in [-0.25, -0.2) is 0 Å². The van der Waals surface area contributed by atoms with Gasteiger partial charge in [0.2, 0.25) is 0 Å². The monoisotopic (exact) mass is 291 g/mol. The first-order valence-electron chi connectivity index (χ1n) is 5.84. The number of rotatable bonds is 4. The molecule has 2 aromatic carbocycles.